The number of ether oxygens (including phenoxy) is 3. The van der Waals surface area contributed by atoms with E-state index in [0.717, 1.165) is 58.8 Å². The second-order valence-electron chi connectivity index (χ2n) is 8.02. The van der Waals surface area contributed by atoms with E-state index in [9.17, 15) is 4.79 Å². The number of urea groups is 1. The van der Waals surface area contributed by atoms with Crippen LogP contribution < -0.4 is 25.0 Å². The molecule has 0 bridgehead atoms. The molecule has 1 aromatic carbocycles. The van der Waals surface area contributed by atoms with E-state index < -0.39 is 6.03 Å². The number of anilines is 3. The number of para-hydroxylation sites is 2. The largest absolute Gasteiger partial charge is 0.495 e. The minimum atomic E-state index is -0.415. The van der Waals surface area contributed by atoms with Gasteiger partial charge in [-0.05, 0) is 31.4 Å². The summed E-state index contributed by atoms with van der Waals surface area (Å²) < 4.78 is 16.7. The van der Waals surface area contributed by atoms with E-state index in [-0.39, 0.29) is 0 Å². The van der Waals surface area contributed by atoms with Crippen molar-refractivity contribution in [3.8, 4) is 11.6 Å². The quantitative estimate of drug-likeness (QED) is 0.625. The molecule has 2 N–H and O–H groups in total. The normalized spacial score (nSPS) is 16.8. The summed E-state index contributed by atoms with van der Waals surface area (Å²) in [6.45, 7) is 6.40. The fraction of sp³-hybridized carbons (Fsp3) is 0.522. The fourth-order valence-electron chi connectivity index (χ4n) is 3.91. The Bertz CT molecular complexity index is 916. The first-order valence-electron chi connectivity index (χ1n) is 11.5. The highest BCUT2D eigenvalue weighted by atomic mass is 16.5. The number of rotatable bonds is 8. The molecule has 2 aromatic rings. The molecule has 0 saturated carbocycles. The summed E-state index contributed by atoms with van der Waals surface area (Å²) in [4.78, 5) is 26.3. The maximum Gasteiger partial charge on any atom is 0.324 e. The molecule has 0 unspecified atom stereocenters. The maximum atomic E-state index is 12.7. The minimum absolute atomic E-state index is 0.388. The first-order valence-corrected chi connectivity index (χ1v) is 11.5. The van der Waals surface area contributed by atoms with Gasteiger partial charge in [0.1, 0.15) is 18.2 Å². The lowest BCUT2D eigenvalue weighted by Crippen LogP contribution is -2.38. The summed E-state index contributed by atoms with van der Waals surface area (Å²) in [5.41, 5.74) is 0.574. The van der Waals surface area contributed by atoms with Crippen molar-refractivity contribution in [2.75, 3.05) is 75.2 Å². The molecule has 2 saturated heterocycles. The van der Waals surface area contributed by atoms with Gasteiger partial charge in [-0.2, -0.15) is 9.97 Å². The van der Waals surface area contributed by atoms with Gasteiger partial charge in [-0.1, -0.05) is 12.1 Å². The molecular weight excluding hydrogens is 424 g/mol. The number of hydrogen-bond donors (Lipinski definition) is 2. The summed E-state index contributed by atoms with van der Waals surface area (Å²) in [6, 6.07) is 8.48. The van der Waals surface area contributed by atoms with Crippen LogP contribution in [0.25, 0.3) is 0 Å². The van der Waals surface area contributed by atoms with Crippen molar-refractivity contribution in [2.24, 2.45) is 0 Å². The monoisotopic (exact) mass is 456 g/mol. The Labute approximate surface area is 194 Å². The highest BCUT2D eigenvalue weighted by Crippen LogP contribution is 2.25. The highest BCUT2D eigenvalue weighted by Gasteiger charge is 2.18. The molecule has 0 aliphatic carbocycles. The van der Waals surface area contributed by atoms with Crippen LogP contribution in [-0.4, -0.2) is 80.6 Å². The van der Waals surface area contributed by atoms with Crippen LogP contribution in [0.15, 0.2) is 30.3 Å². The molecule has 0 spiro atoms. The second-order valence-corrected chi connectivity index (χ2v) is 8.02. The SMILES string of the molecule is COc1ccccc1NC(=O)Nc1cc(OCCN2CCOCC2)nc(N2CCCCC2)n1. The third kappa shape index (κ3) is 6.69. The van der Waals surface area contributed by atoms with Crippen LogP contribution in [0.1, 0.15) is 19.3 Å². The topological polar surface area (TPSA) is 101 Å². The summed E-state index contributed by atoms with van der Waals surface area (Å²) in [5, 5.41) is 5.62. The van der Waals surface area contributed by atoms with Crippen molar-refractivity contribution >= 4 is 23.5 Å². The Hall–Kier alpha value is -3.11. The van der Waals surface area contributed by atoms with Gasteiger partial charge in [-0.25, -0.2) is 4.79 Å². The van der Waals surface area contributed by atoms with Gasteiger partial charge in [-0.15, -0.1) is 0 Å². The molecule has 2 fully saturated rings. The predicted molar refractivity (Wildman–Crippen MR) is 126 cm³/mol. The zero-order valence-corrected chi connectivity index (χ0v) is 19.1. The van der Waals surface area contributed by atoms with E-state index in [1.165, 1.54) is 6.42 Å². The van der Waals surface area contributed by atoms with Crippen molar-refractivity contribution in [1.82, 2.24) is 14.9 Å². The lowest BCUT2D eigenvalue weighted by atomic mass is 10.1. The molecule has 1 aromatic heterocycles. The molecule has 4 rings (SSSR count). The number of benzene rings is 1. The van der Waals surface area contributed by atoms with E-state index in [1.807, 2.05) is 12.1 Å². The van der Waals surface area contributed by atoms with Gasteiger partial charge in [-0.3, -0.25) is 10.2 Å². The molecule has 2 aliphatic rings. The van der Waals surface area contributed by atoms with Crippen LogP contribution in [0.3, 0.4) is 0 Å². The van der Waals surface area contributed by atoms with Crippen LogP contribution in [0, 0.1) is 0 Å². The van der Waals surface area contributed by atoms with Crippen molar-refractivity contribution < 1.29 is 19.0 Å². The smallest absolute Gasteiger partial charge is 0.324 e. The lowest BCUT2D eigenvalue weighted by molar-refractivity contribution is 0.0320. The van der Waals surface area contributed by atoms with Gasteiger partial charge in [0, 0.05) is 38.8 Å². The number of aromatic nitrogens is 2. The highest BCUT2D eigenvalue weighted by molar-refractivity contribution is 6.00. The molecule has 0 radical (unpaired) electrons. The van der Waals surface area contributed by atoms with Crippen LogP contribution >= 0.6 is 0 Å². The predicted octanol–water partition coefficient (Wildman–Crippen LogP) is 2.83. The molecule has 33 heavy (non-hydrogen) atoms. The van der Waals surface area contributed by atoms with E-state index in [1.54, 1.807) is 25.3 Å². The molecular formula is C23H32N6O4. The first kappa shape index (κ1) is 23.1. The third-order valence-electron chi connectivity index (χ3n) is 5.69. The zero-order valence-electron chi connectivity index (χ0n) is 19.1. The molecule has 3 heterocycles. The summed E-state index contributed by atoms with van der Waals surface area (Å²) in [5.74, 6) is 1.99. The first-order chi connectivity index (χ1) is 16.2. The number of methoxy groups -OCH3 is 1. The van der Waals surface area contributed by atoms with Gasteiger partial charge in [0.25, 0.3) is 0 Å². The molecule has 2 amide bonds. The van der Waals surface area contributed by atoms with Crippen molar-refractivity contribution in [1.29, 1.82) is 0 Å². The van der Waals surface area contributed by atoms with Gasteiger partial charge in [0.15, 0.2) is 0 Å². The average molecular weight is 457 g/mol. The van der Waals surface area contributed by atoms with Crippen molar-refractivity contribution in [2.45, 2.75) is 19.3 Å². The van der Waals surface area contributed by atoms with Crippen molar-refractivity contribution in [3.05, 3.63) is 30.3 Å². The van der Waals surface area contributed by atoms with Crippen molar-refractivity contribution in [3.63, 3.8) is 0 Å². The van der Waals surface area contributed by atoms with E-state index in [0.29, 0.717) is 35.7 Å². The number of carbonyl (C=O) groups excluding carboxylic acids is 1. The van der Waals surface area contributed by atoms with E-state index >= 15 is 0 Å². The van der Waals surface area contributed by atoms with Gasteiger partial charge >= 0.3 is 6.03 Å². The molecule has 0 atom stereocenters. The van der Waals surface area contributed by atoms with Crippen LogP contribution in [0.2, 0.25) is 0 Å². The van der Waals surface area contributed by atoms with Gasteiger partial charge in [0.2, 0.25) is 11.8 Å². The number of morpholine rings is 1. The van der Waals surface area contributed by atoms with Crippen LogP contribution in [0.4, 0.5) is 22.2 Å². The standard InChI is InChI=1S/C23H32N6O4/c1-31-19-8-4-3-7-18(19)24-23(30)26-20-17-21(33-16-13-28-11-14-32-15-12-28)27-22(25-20)29-9-5-2-6-10-29/h3-4,7-8,17H,2,5-6,9-16H2,1H3,(H2,24,25,26,27,30). The number of nitrogens with one attached hydrogen (secondary N) is 2. The Balaban J connectivity index is 1.44. The Kier molecular flexibility index (Phi) is 8.15. The van der Waals surface area contributed by atoms with E-state index in [4.69, 9.17) is 14.2 Å². The van der Waals surface area contributed by atoms with Crippen LogP contribution in [0.5, 0.6) is 11.6 Å². The number of nitrogens with zero attached hydrogens (tertiary/aromatic N) is 4. The fourth-order valence-corrected chi connectivity index (χ4v) is 3.91. The summed E-state index contributed by atoms with van der Waals surface area (Å²) in [6.07, 6.45) is 3.41. The Morgan fingerprint density at radius 2 is 1.85 bits per heavy atom. The maximum absolute atomic E-state index is 12.7. The summed E-state index contributed by atoms with van der Waals surface area (Å²) >= 11 is 0. The van der Waals surface area contributed by atoms with Crippen LogP contribution in [-0.2, 0) is 4.74 Å². The number of amides is 2. The average Bonchev–Trinajstić information content (AvgIpc) is 2.85. The molecule has 10 heteroatoms. The van der Waals surface area contributed by atoms with E-state index in [2.05, 4.69) is 30.4 Å². The number of piperidine rings is 1. The molecule has 10 nitrogen and oxygen atoms in total. The lowest BCUT2D eigenvalue weighted by Gasteiger charge is -2.27. The molecule has 178 valence electrons. The van der Waals surface area contributed by atoms with Gasteiger partial charge in [0.05, 0.1) is 26.0 Å². The number of carbonyl (C=O) groups is 1. The third-order valence-corrected chi connectivity index (χ3v) is 5.69. The second kappa shape index (κ2) is 11.7. The Morgan fingerprint density at radius 1 is 1.06 bits per heavy atom. The molecule has 2 aliphatic heterocycles. The number of hydrogen-bond acceptors (Lipinski definition) is 8. The minimum Gasteiger partial charge on any atom is -0.495 e. The zero-order chi connectivity index (χ0) is 22.9. The summed E-state index contributed by atoms with van der Waals surface area (Å²) in [7, 11) is 1.56. The van der Waals surface area contributed by atoms with Gasteiger partial charge < -0.3 is 24.4 Å². The Morgan fingerprint density at radius 3 is 2.64 bits per heavy atom.